The third-order valence-electron chi connectivity index (χ3n) is 3.69. The molecular formula is C16H21NO4. The molecule has 21 heavy (non-hydrogen) atoms. The number of nitrogens with zero attached hydrogens (tertiary/aromatic N) is 1. The fraction of sp³-hybridized carbons (Fsp3) is 0.500. The maximum absolute atomic E-state index is 12.3. The Morgan fingerprint density at radius 2 is 2.05 bits per heavy atom. The van der Waals surface area contributed by atoms with Gasteiger partial charge in [-0.15, -0.1) is 0 Å². The summed E-state index contributed by atoms with van der Waals surface area (Å²) in [5, 5.41) is 8.97. The zero-order chi connectivity index (χ0) is 15.2. The van der Waals surface area contributed by atoms with Crippen molar-refractivity contribution in [3.8, 4) is 5.75 Å². The molecule has 1 amide bonds. The molecule has 114 valence electrons. The molecule has 0 saturated carbocycles. The minimum atomic E-state index is -0.829. The van der Waals surface area contributed by atoms with E-state index in [1.807, 2.05) is 0 Å². The molecule has 2 rings (SSSR count). The van der Waals surface area contributed by atoms with Crippen molar-refractivity contribution in [3.05, 3.63) is 29.8 Å². The molecular weight excluding hydrogens is 270 g/mol. The molecule has 1 aliphatic rings. The molecule has 1 heterocycles. The van der Waals surface area contributed by atoms with Gasteiger partial charge in [-0.25, -0.2) is 0 Å². The maximum atomic E-state index is 12.3. The van der Waals surface area contributed by atoms with E-state index >= 15 is 0 Å². The molecule has 5 nitrogen and oxygen atoms in total. The summed E-state index contributed by atoms with van der Waals surface area (Å²) in [7, 11) is 0. The van der Waals surface area contributed by atoms with Crippen LogP contribution in [0, 0.1) is 5.92 Å². The third-order valence-corrected chi connectivity index (χ3v) is 3.69. The molecule has 0 radical (unpaired) electrons. The molecule has 0 spiro atoms. The Labute approximate surface area is 124 Å². The summed E-state index contributed by atoms with van der Waals surface area (Å²) >= 11 is 0. The Hall–Kier alpha value is -2.04. The van der Waals surface area contributed by atoms with E-state index in [4.69, 9.17) is 9.84 Å². The first-order valence-corrected chi connectivity index (χ1v) is 7.36. The van der Waals surface area contributed by atoms with Crippen molar-refractivity contribution in [2.24, 2.45) is 5.92 Å². The Bertz CT molecular complexity index is 498. The van der Waals surface area contributed by atoms with Crippen LogP contribution in [0.1, 0.15) is 36.5 Å². The van der Waals surface area contributed by atoms with Gasteiger partial charge in [0.25, 0.3) is 5.91 Å². The SMILES string of the molecule is CCCCOc1ccc(C(=O)N2CCC(C(=O)O)C2)cc1. The summed E-state index contributed by atoms with van der Waals surface area (Å²) in [6.07, 6.45) is 2.61. The van der Waals surface area contributed by atoms with Gasteiger partial charge in [-0.05, 0) is 37.1 Å². The van der Waals surface area contributed by atoms with Gasteiger partial charge in [-0.3, -0.25) is 9.59 Å². The van der Waals surface area contributed by atoms with Crippen LogP contribution in [0.25, 0.3) is 0 Å². The smallest absolute Gasteiger partial charge is 0.308 e. The highest BCUT2D eigenvalue weighted by Gasteiger charge is 2.31. The molecule has 1 unspecified atom stereocenters. The van der Waals surface area contributed by atoms with E-state index in [1.54, 1.807) is 29.2 Å². The third kappa shape index (κ3) is 3.97. The summed E-state index contributed by atoms with van der Waals surface area (Å²) in [4.78, 5) is 24.8. The Morgan fingerprint density at radius 3 is 2.62 bits per heavy atom. The number of amides is 1. The van der Waals surface area contributed by atoms with E-state index in [1.165, 1.54) is 0 Å². The van der Waals surface area contributed by atoms with Crippen LogP contribution in [0.2, 0.25) is 0 Å². The van der Waals surface area contributed by atoms with Gasteiger partial charge in [-0.1, -0.05) is 13.3 Å². The van der Waals surface area contributed by atoms with Gasteiger partial charge in [0, 0.05) is 18.7 Å². The van der Waals surface area contributed by atoms with Crippen LogP contribution in [0.4, 0.5) is 0 Å². The second-order valence-electron chi connectivity index (χ2n) is 5.30. The summed E-state index contributed by atoms with van der Waals surface area (Å²) < 4.78 is 5.55. The van der Waals surface area contributed by atoms with E-state index in [9.17, 15) is 9.59 Å². The van der Waals surface area contributed by atoms with Crippen molar-refractivity contribution in [1.29, 1.82) is 0 Å². The largest absolute Gasteiger partial charge is 0.494 e. The molecule has 0 bridgehead atoms. The van der Waals surface area contributed by atoms with Gasteiger partial charge in [-0.2, -0.15) is 0 Å². The Kier molecular flexibility index (Phi) is 5.20. The molecule has 1 saturated heterocycles. The minimum Gasteiger partial charge on any atom is -0.494 e. The number of carboxylic acid groups (broad SMARTS) is 1. The van der Waals surface area contributed by atoms with E-state index < -0.39 is 11.9 Å². The average molecular weight is 291 g/mol. The molecule has 1 fully saturated rings. The molecule has 0 aromatic heterocycles. The monoisotopic (exact) mass is 291 g/mol. The molecule has 1 aromatic carbocycles. The van der Waals surface area contributed by atoms with E-state index in [0.717, 1.165) is 18.6 Å². The quantitative estimate of drug-likeness (QED) is 0.817. The number of benzene rings is 1. The first-order valence-electron chi connectivity index (χ1n) is 7.36. The number of carbonyl (C=O) groups excluding carboxylic acids is 1. The number of unbranched alkanes of at least 4 members (excludes halogenated alkanes) is 1. The number of hydrogen-bond acceptors (Lipinski definition) is 3. The fourth-order valence-electron chi connectivity index (χ4n) is 2.36. The van der Waals surface area contributed by atoms with E-state index in [0.29, 0.717) is 31.7 Å². The van der Waals surface area contributed by atoms with Crippen molar-refractivity contribution < 1.29 is 19.4 Å². The summed E-state index contributed by atoms with van der Waals surface area (Å²) in [6.45, 7) is 3.58. The van der Waals surface area contributed by atoms with Gasteiger partial charge in [0.1, 0.15) is 5.75 Å². The van der Waals surface area contributed by atoms with Crippen LogP contribution >= 0.6 is 0 Å². The number of likely N-dealkylation sites (tertiary alicyclic amines) is 1. The maximum Gasteiger partial charge on any atom is 0.308 e. The average Bonchev–Trinajstić information content (AvgIpc) is 2.97. The molecule has 1 N–H and O–H groups in total. The molecule has 0 aliphatic carbocycles. The van der Waals surface area contributed by atoms with Crippen LogP contribution in [0.5, 0.6) is 5.75 Å². The van der Waals surface area contributed by atoms with Crippen molar-refractivity contribution in [1.82, 2.24) is 4.90 Å². The molecule has 1 aliphatic heterocycles. The highest BCUT2D eigenvalue weighted by molar-refractivity contribution is 5.94. The second-order valence-corrected chi connectivity index (χ2v) is 5.30. The number of carboxylic acids is 1. The fourth-order valence-corrected chi connectivity index (χ4v) is 2.36. The van der Waals surface area contributed by atoms with Crippen LogP contribution in [0.3, 0.4) is 0 Å². The number of carbonyl (C=O) groups is 2. The summed E-state index contributed by atoms with van der Waals surface area (Å²) in [6, 6.07) is 7.04. The van der Waals surface area contributed by atoms with Crippen molar-refractivity contribution in [2.45, 2.75) is 26.2 Å². The first kappa shape index (κ1) is 15.4. The van der Waals surface area contributed by atoms with Gasteiger partial charge < -0.3 is 14.7 Å². The lowest BCUT2D eigenvalue weighted by Gasteiger charge is -2.16. The van der Waals surface area contributed by atoms with Crippen molar-refractivity contribution in [3.63, 3.8) is 0 Å². The highest BCUT2D eigenvalue weighted by atomic mass is 16.5. The molecule has 1 aromatic rings. The zero-order valence-corrected chi connectivity index (χ0v) is 12.2. The standard InChI is InChI=1S/C16H21NO4/c1-2-3-10-21-14-6-4-12(5-7-14)15(18)17-9-8-13(11-17)16(19)20/h4-7,13H,2-3,8-11H2,1H3,(H,19,20). The minimum absolute atomic E-state index is 0.112. The van der Waals surface area contributed by atoms with Gasteiger partial charge in [0.05, 0.1) is 12.5 Å². The van der Waals surface area contributed by atoms with Gasteiger partial charge >= 0.3 is 5.97 Å². The van der Waals surface area contributed by atoms with Gasteiger partial charge in [0.2, 0.25) is 0 Å². The van der Waals surface area contributed by atoms with Gasteiger partial charge in [0.15, 0.2) is 0 Å². The Morgan fingerprint density at radius 1 is 1.33 bits per heavy atom. The lowest BCUT2D eigenvalue weighted by Crippen LogP contribution is -2.29. The highest BCUT2D eigenvalue weighted by Crippen LogP contribution is 2.20. The number of ether oxygens (including phenoxy) is 1. The van der Waals surface area contributed by atoms with Crippen molar-refractivity contribution >= 4 is 11.9 Å². The lowest BCUT2D eigenvalue weighted by molar-refractivity contribution is -0.141. The van der Waals surface area contributed by atoms with Crippen molar-refractivity contribution in [2.75, 3.05) is 19.7 Å². The summed E-state index contributed by atoms with van der Waals surface area (Å²) in [5.74, 6) is -0.626. The number of aliphatic carboxylic acids is 1. The van der Waals surface area contributed by atoms with Crippen LogP contribution < -0.4 is 4.74 Å². The first-order chi connectivity index (χ1) is 10.1. The van der Waals surface area contributed by atoms with Crippen LogP contribution in [-0.4, -0.2) is 41.6 Å². The normalized spacial score (nSPS) is 17.8. The number of rotatable bonds is 6. The lowest BCUT2D eigenvalue weighted by atomic mass is 10.1. The Balaban J connectivity index is 1.92. The predicted molar refractivity (Wildman–Crippen MR) is 78.5 cm³/mol. The van der Waals surface area contributed by atoms with E-state index in [2.05, 4.69) is 6.92 Å². The zero-order valence-electron chi connectivity index (χ0n) is 12.2. The van der Waals surface area contributed by atoms with E-state index in [-0.39, 0.29) is 5.91 Å². The topological polar surface area (TPSA) is 66.8 Å². The second kappa shape index (κ2) is 7.11. The molecule has 5 heteroatoms. The van der Waals surface area contributed by atoms with Crippen LogP contribution in [-0.2, 0) is 4.79 Å². The van der Waals surface area contributed by atoms with Crippen LogP contribution in [0.15, 0.2) is 24.3 Å². The summed E-state index contributed by atoms with van der Waals surface area (Å²) in [5.41, 5.74) is 0.573. The molecule has 1 atom stereocenters. The predicted octanol–water partition coefficient (Wildman–Crippen LogP) is 2.41. The number of hydrogen-bond donors (Lipinski definition) is 1.